The van der Waals surface area contributed by atoms with Crippen LogP contribution in [0.15, 0.2) is 12.1 Å². The lowest BCUT2D eigenvalue weighted by Crippen LogP contribution is -1.89. The van der Waals surface area contributed by atoms with Gasteiger partial charge in [0.1, 0.15) is 4.88 Å². The van der Waals surface area contributed by atoms with Crippen molar-refractivity contribution in [1.29, 1.82) is 0 Å². The minimum atomic E-state index is -0.819. The van der Waals surface area contributed by atoms with E-state index < -0.39 is 5.97 Å². The molecule has 0 radical (unpaired) electrons. The Balaban J connectivity index is 2.13. The van der Waals surface area contributed by atoms with Crippen molar-refractivity contribution in [2.75, 3.05) is 0 Å². The van der Waals surface area contributed by atoms with Crippen molar-refractivity contribution >= 4 is 38.0 Å². The van der Waals surface area contributed by atoms with Gasteiger partial charge in [0.05, 0.1) is 4.01 Å². The van der Waals surface area contributed by atoms with Crippen LogP contribution in [0.3, 0.4) is 0 Å². The molecule has 0 saturated heterocycles. The molecule has 0 aliphatic heterocycles. The fraction of sp³-hybridized carbons (Fsp3) is 0.417. The van der Waals surface area contributed by atoms with Gasteiger partial charge in [-0.25, -0.2) is 4.79 Å². The molecule has 0 spiro atoms. The lowest BCUT2D eigenvalue weighted by molar-refractivity contribution is 0.0702. The van der Waals surface area contributed by atoms with Gasteiger partial charge in [0.25, 0.3) is 0 Å². The van der Waals surface area contributed by atoms with Gasteiger partial charge < -0.3 is 5.11 Å². The molecule has 0 aromatic carbocycles. The molecule has 0 fully saturated rings. The van der Waals surface area contributed by atoms with Crippen LogP contribution in [0.2, 0.25) is 0 Å². The standard InChI is InChI=1S/C12H14O2S2/c1-2-3-4-5-9-6-8-7-10(11(13)14)16-12(8)15-9/h6-7H,2-5H2,1H3,(H,13,14). The zero-order valence-electron chi connectivity index (χ0n) is 9.16. The van der Waals surface area contributed by atoms with Gasteiger partial charge >= 0.3 is 5.97 Å². The summed E-state index contributed by atoms with van der Waals surface area (Å²) < 4.78 is 1.14. The molecule has 2 aromatic heterocycles. The van der Waals surface area contributed by atoms with Crippen molar-refractivity contribution in [2.45, 2.75) is 32.6 Å². The predicted octanol–water partition coefficient (Wildman–Crippen LogP) is 4.39. The molecular weight excluding hydrogens is 240 g/mol. The predicted molar refractivity (Wildman–Crippen MR) is 69.9 cm³/mol. The maximum atomic E-state index is 10.8. The number of carboxylic acid groups (broad SMARTS) is 1. The molecule has 0 bridgehead atoms. The van der Waals surface area contributed by atoms with E-state index in [0.717, 1.165) is 15.8 Å². The third-order valence-electron chi connectivity index (χ3n) is 2.50. The van der Waals surface area contributed by atoms with Gasteiger partial charge in [0, 0.05) is 10.3 Å². The average molecular weight is 254 g/mol. The highest BCUT2D eigenvalue weighted by Gasteiger charge is 2.10. The number of unbranched alkanes of at least 4 members (excludes halogenated alkanes) is 2. The number of fused-ring (bicyclic) bond motifs is 1. The molecule has 86 valence electrons. The summed E-state index contributed by atoms with van der Waals surface area (Å²) in [5.74, 6) is -0.819. The highest BCUT2D eigenvalue weighted by atomic mass is 32.2. The van der Waals surface area contributed by atoms with E-state index in [1.165, 1.54) is 35.5 Å². The van der Waals surface area contributed by atoms with Crippen molar-refractivity contribution in [3.63, 3.8) is 0 Å². The van der Waals surface area contributed by atoms with Crippen LogP contribution in [0.1, 0.15) is 40.7 Å². The minimum Gasteiger partial charge on any atom is -0.477 e. The first-order valence-corrected chi connectivity index (χ1v) is 7.09. The molecule has 2 nitrogen and oxygen atoms in total. The quantitative estimate of drug-likeness (QED) is 0.803. The third kappa shape index (κ3) is 2.44. The number of hydrogen-bond acceptors (Lipinski definition) is 3. The fourth-order valence-electron chi connectivity index (χ4n) is 1.67. The van der Waals surface area contributed by atoms with Crippen LogP contribution in [0, 0.1) is 0 Å². The topological polar surface area (TPSA) is 37.3 Å². The smallest absolute Gasteiger partial charge is 0.345 e. The lowest BCUT2D eigenvalue weighted by Gasteiger charge is -1.94. The number of hydrogen-bond donors (Lipinski definition) is 1. The number of carboxylic acids is 1. The van der Waals surface area contributed by atoms with Crippen molar-refractivity contribution in [3.05, 3.63) is 21.9 Å². The van der Waals surface area contributed by atoms with E-state index in [1.807, 2.05) is 0 Å². The maximum Gasteiger partial charge on any atom is 0.345 e. The zero-order chi connectivity index (χ0) is 11.5. The molecule has 0 aliphatic carbocycles. The van der Waals surface area contributed by atoms with Crippen molar-refractivity contribution in [2.24, 2.45) is 0 Å². The Hall–Kier alpha value is -0.870. The zero-order valence-corrected chi connectivity index (χ0v) is 10.8. The van der Waals surface area contributed by atoms with Crippen molar-refractivity contribution < 1.29 is 9.90 Å². The van der Waals surface area contributed by atoms with Crippen molar-refractivity contribution in [1.82, 2.24) is 0 Å². The van der Waals surface area contributed by atoms with Crippen LogP contribution in [0.4, 0.5) is 0 Å². The lowest BCUT2D eigenvalue weighted by atomic mass is 10.2. The highest BCUT2D eigenvalue weighted by Crippen LogP contribution is 2.34. The number of thiophene rings is 2. The molecule has 0 aliphatic rings. The van der Waals surface area contributed by atoms with Crippen LogP contribution in [0.25, 0.3) is 9.40 Å². The molecule has 2 heterocycles. The summed E-state index contributed by atoms with van der Waals surface area (Å²) in [6.07, 6.45) is 4.87. The largest absolute Gasteiger partial charge is 0.477 e. The summed E-state index contributed by atoms with van der Waals surface area (Å²) in [6.45, 7) is 2.20. The van der Waals surface area contributed by atoms with Gasteiger partial charge in [-0.1, -0.05) is 19.8 Å². The Morgan fingerprint density at radius 2 is 2.12 bits per heavy atom. The molecule has 1 N–H and O–H groups in total. The molecule has 0 unspecified atom stereocenters. The Kier molecular flexibility index (Phi) is 3.61. The first kappa shape index (κ1) is 11.6. The van der Waals surface area contributed by atoms with Gasteiger partial charge in [-0.3, -0.25) is 0 Å². The molecule has 2 aromatic rings. The second-order valence-electron chi connectivity index (χ2n) is 3.83. The Bertz CT molecular complexity index is 465. The monoisotopic (exact) mass is 254 g/mol. The molecule has 16 heavy (non-hydrogen) atoms. The Morgan fingerprint density at radius 1 is 1.31 bits per heavy atom. The van der Waals surface area contributed by atoms with E-state index >= 15 is 0 Å². The van der Waals surface area contributed by atoms with Crippen LogP contribution in [0.5, 0.6) is 0 Å². The maximum absolute atomic E-state index is 10.8. The van der Waals surface area contributed by atoms with Crippen LogP contribution < -0.4 is 0 Å². The molecule has 0 atom stereocenters. The Morgan fingerprint density at radius 3 is 2.75 bits per heavy atom. The summed E-state index contributed by atoms with van der Waals surface area (Å²) in [6, 6.07) is 3.92. The summed E-state index contributed by atoms with van der Waals surface area (Å²) >= 11 is 3.13. The summed E-state index contributed by atoms with van der Waals surface area (Å²) in [5.41, 5.74) is 0. The normalized spacial score (nSPS) is 11.1. The summed E-state index contributed by atoms with van der Waals surface area (Å²) in [4.78, 5) is 12.6. The summed E-state index contributed by atoms with van der Waals surface area (Å²) in [5, 5.41) is 9.96. The molecular formula is C12H14O2S2. The fourth-order valence-corrected chi connectivity index (χ4v) is 4.04. The number of aromatic carboxylic acids is 1. The molecule has 0 amide bonds. The van der Waals surface area contributed by atoms with E-state index in [9.17, 15) is 4.79 Å². The Labute approximate surface area is 103 Å². The van der Waals surface area contributed by atoms with Gasteiger partial charge in [-0.2, -0.15) is 0 Å². The average Bonchev–Trinajstić information content (AvgIpc) is 2.75. The van der Waals surface area contributed by atoms with Gasteiger partial charge in [0.2, 0.25) is 0 Å². The van der Waals surface area contributed by atoms with Gasteiger partial charge in [-0.05, 0) is 25.0 Å². The van der Waals surface area contributed by atoms with Crippen molar-refractivity contribution in [3.8, 4) is 0 Å². The molecule has 0 saturated carbocycles. The SMILES string of the molecule is CCCCCc1cc2cc(C(=O)O)sc2s1. The minimum absolute atomic E-state index is 0.446. The second-order valence-corrected chi connectivity index (χ2v) is 6.28. The van der Waals surface area contributed by atoms with E-state index in [4.69, 9.17) is 5.11 Å². The molecule has 2 rings (SSSR count). The highest BCUT2D eigenvalue weighted by molar-refractivity contribution is 7.39. The van der Waals surface area contributed by atoms with Crippen LogP contribution >= 0.6 is 22.7 Å². The van der Waals surface area contributed by atoms with E-state index in [2.05, 4.69) is 13.0 Å². The van der Waals surface area contributed by atoms with Gasteiger partial charge in [0.15, 0.2) is 0 Å². The third-order valence-corrected chi connectivity index (χ3v) is 4.94. The van der Waals surface area contributed by atoms with Crippen LogP contribution in [-0.2, 0) is 6.42 Å². The van der Waals surface area contributed by atoms with E-state index in [1.54, 1.807) is 17.4 Å². The number of aryl methyl sites for hydroxylation is 1. The van der Waals surface area contributed by atoms with Gasteiger partial charge in [-0.15, -0.1) is 22.7 Å². The first-order valence-electron chi connectivity index (χ1n) is 5.46. The number of rotatable bonds is 5. The first-order chi connectivity index (χ1) is 7.70. The summed E-state index contributed by atoms with van der Waals surface area (Å²) in [7, 11) is 0. The number of carbonyl (C=O) groups is 1. The molecule has 4 heteroatoms. The second kappa shape index (κ2) is 4.97. The van der Waals surface area contributed by atoms with E-state index in [0.29, 0.717) is 4.88 Å². The van der Waals surface area contributed by atoms with Crippen LogP contribution in [-0.4, -0.2) is 11.1 Å². The van der Waals surface area contributed by atoms with E-state index in [-0.39, 0.29) is 0 Å².